The topological polar surface area (TPSA) is 178 Å². The first-order chi connectivity index (χ1) is 5.46. The van der Waals surface area contributed by atoms with E-state index in [0.717, 1.165) is 0 Å². The summed E-state index contributed by atoms with van der Waals surface area (Å²) in [5.41, 5.74) is 8.57. The van der Waals surface area contributed by atoms with Gasteiger partial charge in [-0.15, -0.1) is 0 Å². The second-order valence-electron chi connectivity index (χ2n) is 1.09. The Balaban J connectivity index is -0.0000000522. The minimum absolute atomic E-state index is 0. The Labute approximate surface area is 105 Å². The van der Waals surface area contributed by atoms with Crippen LogP contribution >= 0.6 is 20.0 Å². The minimum atomic E-state index is -5.39. The summed E-state index contributed by atoms with van der Waals surface area (Å²) in [6, 6.07) is 0. The first kappa shape index (κ1) is 23.8. The third-order valence-electron chi connectivity index (χ3n) is 0. The van der Waals surface area contributed by atoms with Gasteiger partial charge in [0.1, 0.15) is 6.09 Å². The van der Waals surface area contributed by atoms with Crippen LogP contribution in [0.5, 0.6) is 0 Å². The van der Waals surface area contributed by atoms with Crippen molar-refractivity contribution in [2.75, 3.05) is 0 Å². The molecule has 0 spiro atoms. The van der Waals surface area contributed by atoms with Crippen LogP contribution in [-0.2, 0) is 38.3 Å². The second kappa shape index (κ2) is 13.2. The van der Waals surface area contributed by atoms with Crippen LogP contribution in [0.25, 0.3) is 0 Å². The molecule has 0 fully saturated rings. The number of rotatable bonds is 0. The summed E-state index contributed by atoms with van der Waals surface area (Å²) in [5, 5.41) is 8.67. The number of hydrogen-bond donors (Lipinski definition) is 2. The van der Waals surface area contributed by atoms with E-state index >= 15 is 0 Å². The van der Waals surface area contributed by atoms with Crippen molar-refractivity contribution in [3.63, 3.8) is 0 Å². The average Bonchev–Trinajstić information content (AvgIpc) is 1.50. The number of hydrogen-bond acceptors (Lipinski definition) is 8. The van der Waals surface area contributed by atoms with Gasteiger partial charge in [-0.05, 0) is 0 Å². The number of phosphoric acid groups is 1. The molecule has 0 heterocycles. The Morgan fingerprint density at radius 3 is 1.29 bits per heavy atom. The van der Waals surface area contributed by atoms with Crippen molar-refractivity contribution in [2.45, 2.75) is 0 Å². The standard InChI is InChI=1S/CH3NO2.CH3NS2.Mo.H3O4P/c2*2-1(3)4;;1-5(2,3)4/h2H2,(H,3,4);(H3,2,3,4);;(H3,1,2,3,4)/p-5. The molecule has 1 amide bonds. The molecule has 0 saturated carbocycles. The van der Waals surface area contributed by atoms with Gasteiger partial charge in [-0.25, -0.2) is 0 Å². The van der Waals surface area contributed by atoms with Crippen molar-refractivity contribution < 1.29 is 50.2 Å². The molecule has 0 aliphatic carbocycles. The van der Waals surface area contributed by atoms with E-state index in [9.17, 15) is 0 Å². The number of primary amides is 1. The molecule has 0 atom stereocenters. The molecule has 0 aromatic rings. The van der Waals surface area contributed by atoms with Gasteiger partial charge in [-0.2, -0.15) is 7.82 Å². The van der Waals surface area contributed by atoms with E-state index in [1.165, 1.54) is 0 Å². The molecule has 0 aromatic heterocycles. The van der Waals surface area contributed by atoms with Gasteiger partial charge in [0, 0.05) is 21.1 Å². The molecule has 0 aromatic carbocycles. The predicted octanol–water partition coefficient (Wildman–Crippen LogP) is -4.76. The van der Waals surface area contributed by atoms with Crippen LogP contribution in [0.15, 0.2) is 0 Å². The summed E-state index contributed by atoms with van der Waals surface area (Å²) in [6.45, 7) is 0. The first-order valence-corrected chi connectivity index (χ1v) is 4.40. The molecule has 0 saturated heterocycles. The summed E-state index contributed by atoms with van der Waals surface area (Å²) >= 11 is 8.26. The number of carboxylic acid groups (broad SMARTS) is 1. The monoisotopic (exact) mass is 345 g/mol. The van der Waals surface area contributed by atoms with E-state index in [0.29, 0.717) is 0 Å². The Bertz CT molecular complexity index is 180. The van der Waals surface area contributed by atoms with Gasteiger partial charge in [-0.3, -0.25) is 0 Å². The zero-order chi connectivity index (χ0) is 11.7. The molecule has 86 valence electrons. The molecule has 0 rings (SSSR count). The van der Waals surface area contributed by atoms with E-state index in [1.807, 2.05) is 0 Å². The fourth-order valence-electron chi connectivity index (χ4n) is 0. The van der Waals surface area contributed by atoms with Crippen LogP contribution in [0, 0.1) is 0 Å². The third-order valence-corrected chi connectivity index (χ3v) is 0. The summed E-state index contributed by atoms with van der Waals surface area (Å²) in [4.78, 5) is 34.3. The van der Waals surface area contributed by atoms with Gasteiger partial charge >= 0.3 is 0 Å². The molecule has 0 unspecified atom stereocenters. The summed E-state index contributed by atoms with van der Waals surface area (Å²) in [6.07, 6.45) is -1.58. The summed E-state index contributed by atoms with van der Waals surface area (Å²) in [5.74, 6) is 0. The molecule has 14 heavy (non-hydrogen) atoms. The maximum absolute atomic E-state index is 8.67. The van der Waals surface area contributed by atoms with Gasteiger partial charge < -0.3 is 65.5 Å². The fraction of sp³-hybridized carbons (Fsp3) is 0. The van der Waals surface area contributed by atoms with Crippen molar-refractivity contribution in [1.29, 1.82) is 0 Å². The predicted molar refractivity (Wildman–Crippen MR) is 41.3 cm³/mol. The molecule has 8 nitrogen and oxygen atoms in total. The molecule has 0 aliphatic heterocycles. The maximum atomic E-state index is 8.67. The van der Waals surface area contributed by atoms with E-state index in [4.69, 9.17) is 29.1 Å². The normalized spacial score (nSPS) is 7.64. The second-order valence-corrected chi connectivity index (χ2v) is 3.12. The first-order valence-electron chi connectivity index (χ1n) is 2.12. The minimum Gasteiger partial charge on any atom is -0.822 e. The molecule has 0 aliphatic rings. The van der Waals surface area contributed by atoms with Crippen LogP contribution in [-0.4, -0.2) is 10.4 Å². The van der Waals surface area contributed by atoms with E-state index in [1.54, 1.807) is 0 Å². The van der Waals surface area contributed by atoms with Gasteiger partial charge in [0.25, 0.3) is 0 Å². The Morgan fingerprint density at radius 2 is 1.29 bits per heavy atom. The maximum Gasteiger partial charge on any atom is 0.131 e. The molecular weight excluding hydrogens is 339 g/mol. The average molecular weight is 343 g/mol. The van der Waals surface area contributed by atoms with Crippen molar-refractivity contribution in [3.8, 4) is 0 Å². The van der Waals surface area contributed by atoms with Gasteiger partial charge in [0.05, 0.1) is 0 Å². The molecule has 4 N–H and O–H groups in total. The largest absolute Gasteiger partial charge is 0.822 e. The number of carbonyl (C=O) groups excluding carboxylic acids is 1. The number of amides is 1. The number of carbonyl (C=O) groups is 1. The van der Waals surface area contributed by atoms with E-state index in [2.05, 4.69) is 36.3 Å². The SMILES string of the molecule is NC(=O)[O-].NC(=S)[S-].O=P([O-])([O-])[O-].[Mo]. The van der Waals surface area contributed by atoms with Gasteiger partial charge in [-0.1, -0.05) is 4.32 Å². The van der Waals surface area contributed by atoms with Crippen molar-refractivity contribution in [3.05, 3.63) is 0 Å². The van der Waals surface area contributed by atoms with Gasteiger partial charge in [0.2, 0.25) is 0 Å². The third kappa shape index (κ3) is 47900. The van der Waals surface area contributed by atoms with Crippen LogP contribution in [0.2, 0.25) is 0 Å². The summed E-state index contributed by atoms with van der Waals surface area (Å²) < 4.78 is 8.63. The fourth-order valence-corrected chi connectivity index (χ4v) is 0. The van der Waals surface area contributed by atoms with Crippen LogP contribution in [0.3, 0.4) is 0 Å². The molecule has 0 bridgehead atoms. The summed E-state index contributed by atoms with van der Waals surface area (Å²) in [7, 11) is -5.39. The smallest absolute Gasteiger partial charge is 0.131 e. The quantitative estimate of drug-likeness (QED) is 0.189. The van der Waals surface area contributed by atoms with Crippen molar-refractivity contribution in [2.24, 2.45) is 11.5 Å². The van der Waals surface area contributed by atoms with Crippen LogP contribution < -0.4 is 31.3 Å². The zero-order valence-electron chi connectivity index (χ0n) is 6.28. The van der Waals surface area contributed by atoms with Crippen LogP contribution in [0.4, 0.5) is 4.79 Å². The molecule has 12 heteroatoms. The number of nitrogens with two attached hydrogens (primary N) is 2. The van der Waals surface area contributed by atoms with Crippen LogP contribution in [0.1, 0.15) is 0 Å². The van der Waals surface area contributed by atoms with E-state index < -0.39 is 13.9 Å². The molecule has 0 radical (unpaired) electrons. The Morgan fingerprint density at radius 1 is 1.29 bits per heavy atom. The van der Waals surface area contributed by atoms with Gasteiger partial charge in [0.15, 0.2) is 0 Å². The van der Waals surface area contributed by atoms with Crippen molar-refractivity contribution >= 4 is 43.1 Å². The zero-order valence-corrected chi connectivity index (χ0v) is 10.8. The van der Waals surface area contributed by atoms with Crippen molar-refractivity contribution in [1.82, 2.24) is 0 Å². The molecular formula is C2H4MoN2O6PS2-5. The number of thiocarbonyl (C=S) groups is 1. The Kier molecular flexibility index (Phi) is 22.4. The van der Waals surface area contributed by atoms with E-state index in [-0.39, 0.29) is 25.4 Å². The Hall–Kier alpha value is 0.178.